The van der Waals surface area contributed by atoms with E-state index in [0.717, 1.165) is 31.5 Å². The molecule has 4 N–H and O–H groups in total. The van der Waals surface area contributed by atoms with Gasteiger partial charge in [0.05, 0.1) is 29.2 Å². The molecule has 230 valence electrons. The highest BCUT2D eigenvalue weighted by Crippen LogP contribution is 2.44. The fraction of sp³-hybridized carbons (Fsp3) is 0.393. The van der Waals surface area contributed by atoms with Crippen LogP contribution in [-0.2, 0) is 26.0 Å². The normalized spacial score (nSPS) is 16.8. The molecule has 1 unspecified atom stereocenters. The van der Waals surface area contributed by atoms with Gasteiger partial charge in [0.1, 0.15) is 17.7 Å². The number of amidine groups is 2. The summed E-state index contributed by atoms with van der Waals surface area (Å²) in [6.45, 7) is 4.91. The topological polar surface area (TPSA) is 150 Å². The molecule has 0 aliphatic carbocycles. The van der Waals surface area contributed by atoms with E-state index in [0.29, 0.717) is 33.4 Å². The molecule has 0 bridgehead atoms. The molecule has 2 aromatic rings. The molecule has 0 radical (unpaired) electrons. The minimum absolute atomic E-state index is 0. The van der Waals surface area contributed by atoms with Crippen molar-refractivity contribution < 1.29 is 22.7 Å². The van der Waals surface area contributed by atoms with Crippen molar-refractivity contribution in [1.29, 1.82) is 10.8 Å². The molecule has 0 amide bonds. The number of esters is 1. The lowest BCUT2D eigenvalue weighted by atomic mass is 10.1. The number of fused-ring (bicyclic) bond motifs is 1. The number of hydrogen-bond acceptors (Lipinski definition) is 7. The van der Waals surface area contributed by atoms with Crippen LogP contribution >= 0.6 is 36.4 Å². The molecule has 4 rings (SSSR count). The van der Waals surface area contributed by atoms with Gasteiger partial charge < -0.3 is 20.1 Å². The quantitative estimate of drug-likeness (QED) is 0.201. The van der Waals surface area contributed by atoms with Crippen LogP contribution in [-0.4, -0.2) is 68.6 Å². The number of nitrogens with two attached hydrogens (primary N) is 1. The van der Waals surface area contributed by atoms with E-state index >= 15 is 0 Å². The number of sulfonamides is 1. The van der Waals surface area contributed by atoms with Gasteiger partial charge in [0.15, 0.2) is 5.75 Å². The molecule has 2 heterocycles. The van der Waals surface area contributed by atoms with Crippen LogP contribution in [0, 0.1) is 10.8 Å². The first-order valence-corrected chi connectivity index (χ1v) is 15.1. The van der Waals surface area contributed by atoms with Crippen LogP contribution in [0.5, 0.6) is 5.75 Å². The number of benzene rings is 2. The number of carbonyl (C=O) groups excluding carboxylic acids is 1. The third-order valence-corrected chi connectivity index (χ3v) is 9.04. The van der Waals surface area contributed by atoms with E-state index in [2.05, 4.69) is 0 Å². The highest BCUT2D eigenvalue weighted by atomic mass is 35.5. The van der Waals surface area contributed by atoms with Crippen LogP contribution in [0.3, 0.4) is 0 Å². The maximum atomic E-state index is 13.5. The van der Waals surface area contributed by atoms with Crippen LogP contribution in [0.2, 0.25) is 5.02 Å². The lowest BCUT2D eigenvalue weighted by molar-refractivity contribution is -0.139. The Labute approximate surface area is 264 Å². The first-order valence-electron chi connectivity index (χ1n) is 13.1. The largest absolute Gasteiger partial charge is 0.489 e. The molecule has 0 saturated carbocycles. The summed E-state index contributed by atoms with van der Waals surface area (Å²) in [7, 11) is -4.11. The average molecular weight is 661 g/mol. The van der Waals surface area contributed by atoms with Gasteiger partial charge in [-0.1, -0.05) is 42.0 Å². The molecule has 14 heteroatoms. The Hall–Kier alpha value is -2.99. The second-order valence-electron chi connectivity index (χ2n) is 9.79. The minimum atomic E-state index is -4.11. The number of hydrogen-bond donors (Lipinski definition) is 3. The van der Waals surface area contributed by atoms with Gasteiger partial charge in [0, 0.05) is 43.5 Å². The number of anilines is 1. The number of rotatable bonds is 9. The van der Waals surface area contributed by atoms with Gasteiger partial charge in [-0.15, -0.1) is 24.8 Å². The molecular formula is C28H36Cl3N5O5S. The van der Waals surface area contributed by atoms with Crippen molar-refractivity contribution in [2.24, 2.45) is 5.73 Å². The zero-order valence-corrected chi connectivity index (χ0v) is 26.5. The number of ether oxygens (including phenoxy) is 2. The Bertz CT molecular complexity index is 1450. The van der Waals surface area contributed by atoms with Gasteiger partial charge in [0.2, 0.25) is 10.0 Å². The smallest absolute Gasteiger partial charge is 0.323 e. The Morgan fingerprint density at radius 1 is 1.17 bits per heavy atom. The summed E-state index contributed by atoms with van der Waals surface area (Å²) in [6, 6.07) is 9.74. The number of carbonyl (C=O) groups is 1. The minimum Gasteiger partial charge on any atom is -0.489 e. The van der Waals surface area contributed by atoms with Gasteiger partial charge in [-0.25, -0.2) is 8.42 Å². The number of halogens is 3. The summed E-state index contributed by atoms with van der Waals surface area (Å²) in [4.78, 5) is 14.2. The fourth-order valence-corrected chi connectivity index (χ4v) is 6.83. The lowest BCUT2D eigenvalue weighted by Crippen LogP contribution is -2.40. The molecule has 2 aromatic carbocycles. The van der Waals surface area contributed by atoms with Crippen molar-refractivity contribution in [3.8, 4) is 5.75 Å². The third kappa shape index (κ3) is 8.09. The van der Waals surface area contributed by atoms with Crippen LogP contribution in [0.25, 0.3) is 6.08 Å². The van der Waals surface area contributed by atoms with Gasteiger partial charge in [0.25, 0.3) is 0 Å². The number of nitrogens with zero attached hydrogens (tertiary/aromatic N) is 2. The molecular weight excluding hydrogens is 625 g/mol. The summed E-state index contributed by atoms with van der Waals surface area (Å²) in [5.41, 5.74) is 7.92. The SMILES string of the molecule is CCOC(=O)CS(=O)(=O)N1c2ccc(OC3CCN(C(C)=N)CC3)c(Cl)c2CC1/C=C/c1cccc(C(=N)N)c1.Cl.Cl. The monoisotopic (exact) mass is 659 g/mol. The molecule has 0 aromatic heterocycles. The van der Waals surface area contributed by atoms with E-state index in [4.69, 9.17) is 37.6 Å². The Kier molecular flexibility index (Phi) is 12.5. The maximum absolute atomic E-state index is 13.5. The van der Waals surface area contributed by atoms with Crippen LogP contribution in [0.15, 0.2) is 42.5 Å². The van der Waals surface area contributed by atoms with E-state index < -0.39 is 27.8 Å². The summed E-state index contributed by atoms with van der Waals surface area (Å²) in [6.07, 6.45) is 5.21. The zero-order chi connectivity index (χ0) is 29.0. The van der Waals surface area contributed by atoms with E-state index in [1.54, 1.807) is 56.3 Å². The third-order valence-electron chi connectivity index (χ3n) is 6.96. The van der Waals surface area contributed by atoms with Crippen molar-refractivity contribution in [3.05, 3.63) is 64.2 Å². The van der Waals surface area contributed by atoms with Crippen LogP contribution in [0.1, 0.15) is 43.4 Å². The van der Waals surface area contributed by atoms with E-state index in [-0.39, 0.29) is 49.8 Å². The summed E-state index contributed by atoms with van der Waals surface area (Å²) in [5.74, 6) is -0.687. The number of likely N-dealkylation sites (tertiary alicyclic amines) is 1. The van der Waals surface area contributed by atoms with Crippen molar-refractivity contribution in [3.63, 3.8) is 0 Å². The molecule has 1 saturated heterocycles. The average Bonchev–Trinajstić information content (AvgIpc) is 3.30. The predicted octanol–water partition coefficient (Wildman–Crippen LogP) is 4.65. The van der Waals surface area contributed by atoms with Crippen molar-refractivity contribution in [2.45, 2.75) is 45.3 Å². The van der Waals surface area contributed by atoms with Gasteiger partial charge in [-0.2, -0.15) is 0 Å². The first-order chi connectivity index (χ1) is 19.0. The van der Waals surface area contributed by atoms with Gasteiger partial charge in [-0.05, 0) is 37.6 Å². The first kappa shape index (κ1) is 35.2. The molecule has 1 fully saturated rings. The Morgan fingerprint density at radius 2 is 1.86 bits per heavy atom. The van der Waals surface area contributed by atoms with Crippen molar-refractivity contribution in [1.82, 2.24) is 4.90 Å². The second-order valence-corrected chi connectivity index (χ2v) is 12.0. The van der Waals surface area contributed by atoms with E-state index in [9.17, 15) is 13.2 Å². The fourth-order valence-electron chi connectivity index (χ4n) is 5.00. The number of nitrogens with one attached hydrogen (secondary N) is 2. The van der Waals surface area contributed by atoms with Gasteiger partial charge >= 0.3 is 5.97 Å². The van der Waals surface area contributed by atoms with E-state index in [1.807, 2.05) is 11.0 Å². The highest BCUT2D eigenvalue weighted by Gasteiger charge is 2.39. The number of nitrogen functional groups attached to an aromatic ring is 1. The van der Waals surface area contributed by atoms with Crippen LogP contribution < -0.4 is 14.8 Å². The second kappa shape index (κ2) is 15.0. The molecule has 2 aliphatic heterocycles. The van der Waals surface area contributed by atoms with Crippen molar-refractivity contribution >= 4 is 75.8 Å². The zero-order valence-electron chi connectivity index (χ0n) is 23.3. The van der Waals surface area contributed by atoms with E-state index in [1.165, 1.54) is 4.31 Å². The van der Waals surface area contributed by atoms with Crippen molar-refractivity contribution in [2.75, 3.05) is 29.8 Å². The Morgan fingerprint density at radius 3 is 2.48 bits per heavy atom. The van der Waals surface area contributed by atoms with Crippen LogP contribution in [0.4, 0.5) is 5.69 Å². The predicted molar refractivity (Wildman–Crippen MR) is 171 cm³/mol. The molecule has 1 atom stereocenters. The lowest BCUT2D eigenvalue weighted by Gasteiger charge is -2.33. The highest BCUT2D eigenvalue weighted by molar-refractivity contribution is 7.93. The summed E-state index contributed by atoms with van der Waals surface area (Å²) in [5, 5.41) is 15.8. The molecule has 10 nitrogen and oxygen atoms in total. The molecule has 42 heavy (non-hydrogen) atoms. The maximum Gasteiger partial charge on any atom is 0.323 e. The van der Waals surface area contributed by atoms with Gasteiger partial charge in [-0.3, -0.25) is 19.9 Å². The summed E-state index contributed by atoms with van der Waals surface area (Å²) < 4.78 is 39.4. The standard InChI is InChI=1S/C28H34ClN5O5S.2ClH/c1-3-38-26(35)17-40(36,37)34-21(8-7-19-5-4-6-20(15-19)28(31)32)16-23-24(34)9-10-25(27(23)29)39-22-11-13-33(14-12-22)18(2)30;;/h4-10,15,21-22,30H,3,11-14,16-17H2,1-2H3,(H3,31,32);2*1H/b8-7+,30-18?;;. The Balaban J connectivity index is 0.00000308. The molecule has 0 spiro atoms. The number of piperidine rings is 1. The molecule has 2 aliphatic rings. The summed E-state index contributed by atoms with van der Waals surface area (Å²) >= 11 is 6.82.